The summed E-state index contributed by atoms with van der Waals surface area (Å²) in [5.41, 5.74) is 2.32. The summed E-state index contributed by atoms with van der Waals surface area (Å²) in [6.07, 6.45) is -0.00892. The molecule has 1 aliphatic rings. The van der Waals surface area contributed by atoms with Crippen LogP contribution in [0.5, 0.6) is 0 Å². The molecule has 2 rings (SSSR count). The predicted molar refractivity (Wildman–Crippen MR) is 84.1 cm³/mol. The molecular weight excluding hydrogens is 320 g/mol. The van der Waals surface area contributed by atoms with Gasteiger partial charge in [0.05, 0.1) is 5.75 Å². The summed E-state index contributed by atoms with van der Waals surface area (Å²) in [6, 6.07) is 4.25. The van der Waals surface area contributed by atoms with Crippen molar-refractivity contribution in [2.45, 2.75) is 26.3 Å². The smallest absolute Gasteiger partial charge is 0.331 e. The molecule has 1 amide bonds. The van der Waals surface area contributed by atoms with E-state index in [2.05, 4.69) is 0 Å². The average Bonchev–Trinajstić information content (AvgIpc) is 2.66. The number of rotatable bonds is 5. The van der Waals surface area contributed by atoms with Crippen LogP contribution in [0.4, 0.5) is 0 Å². The van der Waals surface area contributed by atoms with Crippen LogP contribution in [0, 0.1) is 19.8 Å². The zero-order chi connectivity index (χ0) is 17.4. The Morgan fingerprint density at radius 1 is 1.35 bits per heavy atom. The normalized spacial score (nSPS) is 19.9. The van der Waals surface area contributed by atoms with Crippen molar-refractivity contribution >= 4 is 21.9 Å². The highest BCUT2D eigenvalue weighted by molar-refractivity contribution is 7.89. The third-order valence-electron chi connectivity index (χ3n) is 3.81. The van der Waals surface area contributed by atoms with Crippen molar-refractivity contribution in [3.8, 4) is 0 Å². The molecule has 0 spiro atoms. The van der Waals surface area contributed by atoms with Gasteiger partial charge in [0.2, 0.25) is 15.9 Å². The molecule has 1 heterocycles. The molecule has 0 bridgehead atoms. The largest absolute Gasteiger partial charge is 0.479 e. The lowest BCUT2D eigenvalue weighted by Crippen LogP contribution is -2.36. The highest BCUT2D eigenvalue weighted by Crippen LogP contribution is 2.30. The molecule has 0 aliphatic carbocycles. The average molecular weight is 340 g/mol. The number of carboxylic acids is 1. The maximum absolute atomic E-state index is 12.2. The number of hydrogen-bond donors (Lipinski definition) is 2. The van der Waals surface area contributed by atoms with Crippen LogP contribution in [0.25, 0.3) is 0 Å². The second kappa shape index (κ2) is 6.29. The molecule has 2 unspecified atom stereocenters. The molecule has 8 heteroatoms. The van der Waals surface area contributed by atoms with Gasteiger partial charge in [0.1, 0.15) is 0 Å². The molecule has 0 aromatic heterocycles. The Kier molecular flexibility index (Phi) is 4.76. The van der Waals surface area contributed by atoms with Gasteiger partial charge >= 0.3 is 5.97 Å². The number of nitrogens with two attached hydrogens (primary N) is 1. The first-order valence-electron chi connectivity index (χ1n) is 7.18. The van der Waals surface area contributed by atoms with Crippen molar-refractivity contribution in [3.63, 3.8) is 0 Å². The van der Waals surface area contributed by atoms with Crippen molar-refractivity contribution in [1.29, 1.82) is 0 Å². The van der Waals surface area contributed by atoms with Crippen molar-refractivity contribution in [3.05, 3.63) is 34.9 Å². The van der Waals surface area contributed by atoms with Gasteiger partial charge in [-0.25, -0.2) is 18.4 Å². The molecule has 1 aromatic rings. The topological polar surface area (TPSA) is 118 Å². The van der Waals surface area contributed by atoms with E-state index in [0.717, 1.165) is 11.1 Å². The quantitative estimate of drug-likeness (QED) is 0.812. The van der Waals surface area contributed by atoms with Crippen LogP contribution in [-0.2, 0) is 19.6 Å². The van der Waals surface area contributed by atoms with Crippen LogP contribution in [0.2, 0.25) is 0 Å². The number of amides is 1. The van der Waals surface area contributed by atoms with Gasteiger partial charge in [0.15, 0.2) is 6.04 Å². The van der Waals surface area contributed by atoms with E-state index in [0.29, 0.717) is 5.56 Å². The fourth-order valence-corrected chi connectivity index (χ4v) is 4.00. The molecular formula is C15H20N2O5S. The van der Waals surface area contributed by atoms with E-state index in [9.17, 15) is 23.1 Å². The van der Waals surface area contributed by atoms with Gasteiger partial charge in [-0.05, 0) is 19.4 Å². The lowest BCUT2D eigenvalue weighted by molar-refractivity contribution is -0.148. The van der Waals surface area contributed by atoms with E-state index in [1.807, 2.05) is 19.9 Å². The predicted octanol–water partition coefficient (Wildman–Crippen LogP) is 0.566. The molecule has 1 aliphatic heterocycles. The second-order valence-corrected chi connectivity index (χ2v) is 7.77. The Bertz CT molecular complexity index is 724. The summed E-state index contributed by atoms with van der Waals surface area (Å²) in [5.74, 6) is -2.32. The summed E-state index contributed by atoms with van der Waals surface area (Å²) in [5, 5.41) is 14.6. The monoisotopic (exact) mass is 340 g/mol. The van der Waals surface area contributed by atoms with Crippen LogP contribution in [0.15, 0.2) is 18.2 Å². The van der Waals surface area contributed by atoms with Gasteiger partial charge < -0.3 is 10.0 Å². The van der Waals surface area contributed by atoms with Gasteiger partial charge in [0, 0.05) is 18.9 Å². The number of carbonyl (C=O) groups is 2. The summed E-state index contributed by atoms with van der Waals surface area (Å²) in [7, 11) is -3.70. The molecule has 1 saturated heterocycles. The van der Waals surface area contributed by atoms with Crippen LogP contribution in [0.3, 0.4) is 0 Å². The molecule has 3 N–H and O–H groups in total. The molecule has 0 radical (unpaired) electrons. The number of carbonyl (C=O) groups excluding carboxylic acids is 1. The number of carboxylic acid groups (broad SMARTS) is 1. The van der Waals surface area contributed by atoms with Crippen LogP contribution < -0.4 is 5.14 Å². The Labute approximate surface area is 135 Å². The number of hydrogen-bond acceptors (Lipinski definition) is 4. The zero-order valence-corrected chi connectivity index (χ0v) is 13.8. The van der Waals surface area contributed by atoms with Crippen molar-refractivity contribution in [2.24, 2.45) is 11.1 Å². The number of nitrogens with zero attached hydrogens (tertiary/aromatic N) is 1. The standard InChI is InChI=1S/C15H20N2O5S/c1-9-3-10(2)5-12(4-9)14(15(19)20)17-7-11(6-13(17)18)8-23(16,21)22/h3-5,11,14H,6-8H2,1-2H3,(H,19,20)(H2,16,21,22). The summed E-state index contributed by atoms with van der Waals surface area (Å²) >= 11 is 0. The van der Waals surface area contributed by atoms with Crippen LogP contribution >= 0.6 is 0 Å². The molecule has 7 nitrogen and oxygen atoms in total. The lowest BCUT2D eigenvalue weighted by atomic mass is 10.0. The van der Waals surface area contributed by atoms with Crippen molar-refractivity contribution < 1.29 is 23.1 Å². The van der Waals surface area contributed by atoms with Crippen molar-refractivity contribution in [2.75, 3.05) is 12.3 Å². The van der Waals surface area contributed by atoms with Crippen LogP contribution in [-0.4, -0.2) is 42.6 Å². The molecule has 2 atom stereocenters. The molecule has 1 aromatic carbocycles. The Balaban J connectivity index is 2.31. The van der Waals surface area contributed by atoms with Crippen LogP contribution in [0.1, 0.15) is 29.2 Å². The number of aryl methyl sites for hydroxylation is 2. The van der Waals surface area contributed by atoms with Gasteiger partial charge in [-0.2, -0.15) is 0 Å². The van der Waals surface area contributed by atoms with Gasteiger partial charge in [-0.3, -0.25) is 4.79 Å². The lowest BCUT2D eigenvalue weighted by Gasteiger charge is -2.25. The second-order valence-electron chi connectivity index (χ2n) is 6.11. The molecule has 0 saturated carbocycles. The minimum Gasteiger partial charge on any atom is -0.479 e. The van der Waals surface area contributed by atoms with E-state index < -0.39 is 28.0 Å². The minimum absolute atomic E-state index is 0.00892. The first-order valence-corrected chi connectivity index (χ1v) is 8.89. The van der Waals surface area contributed by atoms with Gasteiger partial charge in [-0.1, -0.05) is 29.3 Å². The fourth-order valence-electron chi connectivity index (χ4n) is 3.12. The maximum atomic E-state index is 12.2. The fraction of sp³-hybridized carbons (Fsp3) is 0.467. The third-order valence-corrected chi connectivity index (χ3v) is 4.75. The number of primary sulfonamides is 1. The SMILES string of the molecule is Cc1cc(C)cc(C(C(=O)O)N2CC(CS(N)(=O)=O)CC2=O)c1. The Hall–Kier alpha value is -1.93. The van der Waals surface area contributed by atoms with E-state index in [1.54, 1.807) is 12.1 Å². The summed E-state index contributed by atoms with van der Waals surface area (Å²) < 4.78 is 22.4. The number of likely N-dealkylation sites (tertiary alicyclic amines) is 1. The molecule has 1 fully saturated rings. The van der Waals surface area contributed by atoms with Gasteiger partial charge in [-0.15, -0.1) is 0 Å². The first-order chi connectivity index (χ1) is 10.6. The summed E-state index contributed by atoms with van der Waals surface area (Å²) in [4.78, 5) is 25.1. The Morgan fingerprint density at radius 2 is 1.91 bits per heavy atom. The van der Waals surface area contributed by atoms with E-state index in [4.69, 9.17) is 5.14 Å². The number of sulfonamides is 1. The van der Waals surface area contributed by atoms with Crippen molar-refractivity contribution in [1.82, 2.24) is 4.90 Å². The first kappa shape index (κ1) is 17.4. The molecule has 126 valence electrons. The summed E-state index contributed by atoms with van der Waals surface area (Å²) in [6.45, 7) is 3.77. The maximum Gasteiger partial charge on any atom is 0.331 e. The van der Waals surface area contributed by atoms with E-state index in [-0.39, 0.29) is 24.6 Å². The number of benzene rings is 1. The highest BCUT2D eigenvalue weighted by Gasteiger charge is 2.39. The highest BCUT2D eigenvalue weighted by atomic mass is 32.2. The van der Waals surface area contributed by atoms with Gasteiger partial charge in [0.25, 0.3) is 0 Å². The minimum atomic E-state index is -3.70. The van der Waals surface area contributed by atoms with E-state index in [1.165, 1.54) is 4.90 Å². The third kappa shape index (κ3) is 4.29. The zero-order valence-electron chi connectivity index (χ0n) is 13.0. The van der Waals surface area contributed by atoms with E-state index >= 15 is 0 Å². The Morgan fingerprint density at radius 3 is 2.39 bits per heavy atom. The number of aliphatic carboxylic acids is 1. The molecule has 23 heavy (non-hydrogen) atoms.